The van der Waals surface area contributed by atoms with Crippen LogP contribution in [0.5, 0.6) is 0 Å². The number of esters is 1. The van der Waals surface area contributed by atoms with Crippen LogP contribution in [0.25, 0.3) is 10.9 Å². The summed E-state index contributed by atoms with van der Waals surface area (Å²) < 4.78 is 5.18. The molecule has 2 N–H and O–H groups in total. The lowest BCUT2D eigenvalue weighted by atomic mass is 10.1. The summed E-state index contributed by atoms with van der Waals surface area (Å²) in [7, 11) is 0. The molecule has 7 heteroatoms. The monoisotopic (exact) mass is 297 g/mol. The van der Waals surface area contributed by atoms with Crippen LogP contribution in [0.3, 0.4) is 0 Å². The van der Waals surface area contributed by atoms with E-state index in [0.29, 0.717) is 5.52 Å². The van der Waals surface area contributed by atoms with Gasteiger partial charge < -0.3 is 9.72 Å². The average molecular weight is 297 g/mol. The minimum Gasteiger partial charge on any atom is -0.457 e. The standard InChI is InChI=1S/C15H11N3O4/c19-13-11-7-10(1-2-12(11)17-15(21)18-13)14(20)22-8-9-3-5-16-6-4-9/h1-7H,8H2,(H2,17,18,19,21). The third-order valence-electron chi connectivity index (χ3n) is 3.09. The van der Waals surface area contributed by atoms with Crippen molar-refractivity contribution in [3.05, 3.63) is 74.7 Å². The fraction of sp³-hybridized carbons (Fsp3) is 0.0667. The van der Waals surface area contributed by atoms with Gasteiger partial charge in [0.25, 0.3) is 5.56 Å². The third-order valence-corrected chi connectivity index (χ3v) is 3.09. The number of hydrogen-bond acceptors (Lipinski definition) is 5. The van der Waals surface area contributed by atoms with Gasteiger partial charge in [0.1, 0.15) is 6.61 Å². The van der Waals surface area contributed by atoms with Crippen LogP contribution < -0.4 is 11.2 Å². The zero-order chi connectivity index (χ0) is 15.5. The highest BCUT2D eigenvalue weighted by molar-refractivity contribution is 5.94. The van der Waals surface area contributed by atoms with Crippen molar-refractivity contribution in [3.8, 4) is 0 Å². The summed E-state index contributed by atoms with van der Waals surface area (Å²) in [6.45, 7) is 0.112. The van der Waals surface area contributed by atoms with Crippen LogP contribution in [-0.2, 0) is 11.3 Å². The lowest BCUT2D eigenvalue weighted by Crippen LogP contribution is -2.22. The van der Waals surface area contributed by atoms with Gasteiger partial charge in [-0.3, -0.25) is 14.8 Å². The van der Waals surface area contributed by atoms with E-state index in [4.69, 9.17) is 4.74 Å². The molecule has 2 aromatic heterocycles. The Labute approximate surface area is 123 Å². The zero-order valence-corrected chi connectivity index (χ0v) is 11.3. The molecule has 110 valence electrons. The molecule has 0 saturated heterocycles. The van der Waals surface area contributed by atoms with Crippen LogP contribution in [0.4, 0.5) is 0 Å². The SMILES string of the molecule is O=C(OCc1ccncc1)c1ccc2[nH]c(=O)[nH]c(=O)c2c1. The number of nitrogens with zero attached hydrogens (tertiary/aromatic N) is 1. The number of carbonyl (C=O) groups excluding carboxylic acids is 1. The number of hydrogen-bond donors (Lipinski definition) is 2. The van der Waals surface area contributed by atoms with Crippen LogP contribution in [-0.4, -0.2) is 20.9 Å². The quantitative estimate of drug-likeness (QED) is 0.701. The molecule has 0 amide bonds. The number of benzene rings is 1. The Balaban J connectivity index is 1.85. The highest BCUT2D eigenvalue weighted by Crippen LogP contribution is 2.11. The molecule has 0 atom stereocenters. The van der Waals surface area contributed by atoms with Crippen LogP contribution in [0.2, 0.25) is 0 Å². The number of nitrogens with one attached hydrogen (secondary N) is 2. The number of ether oxygens (including phenoxy) is 1. The number of rotatable bonds is 3. The van der Waals surface area contributed by atoms with E-state index in [1.54, 1.807) is 24.5 Å². The first-order valence-electron chi connectivity index (χ1n) is 6.46. The summed E-state index contributed by atoms with van der Waals surface area (Å²) in [5, 5.41) is 0.220. The molecule has 3 aromatic rings. The number of carbonyl (C=O) groups is 1. The highest BCUT2D eigenvalue weighted by atomic mass is 16.5. The maximum Gasteiger partial charge on any atom is 0.338 e. The summed E-state index contributed by atoms with van der Waals surface area (Å²) in [4.78, 5) is 43.4. The molecule has 0 bridgehead atoms. The van der Waals surface area contributed by atoms with Gasteiger partial charge in [-0.05, 0) is 35.9 Å². The Morgan fingerprint density at radius 2 is 1.86 bits per heavy atom. The van der Waals surface area contributed by atoms with Gasteiger partial charge in [-0.15, -0.1) is 0 Å². The Morgan fingerprint density at radius 1 is 1.09 bits per heavy atom. The van der Waals surface area contributed by atoms with E-state index < -0.39 is 17.2 Å². The average Bonchev–Trinajstić information content (AvgIpc) is 2.53. The van der Waals surface area contributed by atoms with Crippen LogP contribution >= 0.6 is 0 Å². The molecule has 0 spiro atoms. The van der Waals surface area contributed by atoms with Crippen molar-refractivity contribution in [1.29, 1.82) is 0 Å². The first kappa shape index (κ1) is 13.7. The molecule has 0 radical (unpaired) electrons. The lowest BCUT2D eigenvalue weighted by Gasteiger charge is -2.05. The summed E-state index contributed by atoms with van der Waals surface area (Å²) in [5.41, 5.74) is 0.262. The molecule has 0 aliphatic heterocycles. The summed E-state index contributed by atoms with van der Waals surface area (Å²) >= 11 is 0. The van der Waals surface area contributed by atoms with Gasteiger partial charge in [0.2, 0.25) is 0 Å². The number of aromatic nitrogens is 3. The Bertz CT molecular complexity index is 944. The molecule has 0 fully saturated rings. The molecule has 2 heterocycles. The van der Waals surface area contributed by atoms with Gasteiger partial charge in [0.15, 0.2) is 0 Å². The summed E-state index contributed by atoms with van der Waals surface area (Å²) in [6, 6.07) is 7.85. The van der Waals surface area contributed by atoms with Crippen LogP contribution in [0.1, 0.15) is 15.9 Å². The van der Waals surface area contributed by atoms with Crippen molar-refractivity contribution in [2.24, 2.45) is 0 Å². The molecule has 0 aliphatic carbocycles. The zero-order valence-electron chi connectivity index (χ0n) is 11.3. The lowest BCUT2D eigenvalue weighted by molar-refractivity contribution is 0.0473. The maximum absolute atomic E-state index is 12.0. The van der Waals surface area contributed by atoms with Crippen LogP contribution in [0.15, 0.2) is 52.3 Å². The van der Waals surface area contributed by atoms with Crippen molar-refractivity contribution >= 4 is 16.9 Å². The largest absolute Gasteiger partial charge is 0.457 e. The van der Waals surface area contributed by atoms with Gasteiger partial charge in [-0.1, -0.05) is 0 Å². The minimum atomic E-state index is -0.592. The number of fused-ring (bicyclic) bond motifs is 1. The maximum atomic E-state index is 12.0. The van der Waals surface area contributed by atoms with Crippen molar-refractivity contribution in [2.45, 2.75) is 6.61 Å². The molecule has 22 heavy (non-hydrogen) atoms. The number of pyridine rings is 1. The molecule has 3 rings (SSSR count). The second kappa shape index (κ2) is 5.65. The normalized spacial score (nSPS) is 10.5. The Hall–Kier alpha value is -3.22. The molecule has 0 unspecified atom stereocenters. The van der Waals surface area contributed by atoms with E-state index >= 15 is 0 Å². The van der Waals surface area contributed by atoms with Gasteiger partial charge in [0, 0.05) is 12.4 Å². The minimum absolute atomic E-state index is 0.112. The van der Waals surface area contributed by atoms with Crippen molar-refractivity contribution in [1.82, 2.24) is 15.0 Å². The Morgan fingerprint density at radius 3 is 2.64 bits per heavy atom. The van der Waals surface area contributed by atoms with Gasteiger partial charge >= 0.3 is 11.7 Å². The van der Waals surface area contributed by atoms with E-state index in [1.807, 2.05) is 0 Å². The van der Waals surface area contributed by atoms with E-state index in [9.17, 15) is 14.4 Å². The second-order valence-corrected chi connectivity index (χ2v) is 4.60. The molecular formula is C15H11N3O4. The molecule has 0 aliphatic rings. The fourth-order valence-electron chi connectivity index (χ4n) is 2.00. The predicted molar refractivity (Wildman–Crippen MR) is 78.5 cm³/mol. The van der Waals surface area contributed by atoms with E-state index in [1.165, 1.54) is 18.2 Å². The molecule has 0 saturated carbocycles. The van der Waals surface area contributed by atoms with E-state index in [2.05, 4.69) is 15.0 Å². The first-order chi connectivity index (χ1) is 10.6. The van der Waals surface area contributed by atoms with Crippen molar-refractivity contribution in [2.75, 3.05) is 0 Å². The van der Waals surface area contributed by atoms with Crippen molar-refractivity contribution < 1.29 is 9.53 Å². The molecule has 1 aromatic carbocycles. The second-order valence-electron chi connectivity index (χ2n) is 4.60. The Kier molecular flexibility index (Phi) is 3.53. The third kappa shape index (κ3) is 2.78. The van der Waals surface area contributed by atoms with Crippen molar-refractivity contribution in [3.63, 3.8) is 0 Å². The first-order valence-corrected chi connectivity index (χ1v) is 6.46. The molecular weight excluding hydrogens is 286 g/mol. The highest BCUT2D eigenvalue weighted by Gasteiger charge is 2.10. The fourth-order valence-corrected chi connectivity index (χ4v) is 2.00. The summed E-state index contributed by atoms with van der Waals surface area (Å²) in [5.74, 6) is -0.552. The smallest absolute Gasteiger partial charge is 0.338 e. The van der Waals surface area contributed by atoms with Crippen LogP contribution in [0, 0.1) is 0 Å². The van der Waals surface area contributed by atoms with E-state index in [0.717, 1.165) is 5.56 Å². The van der Waals surface area contributed by atoms with Gasteiger partial charge in [-0.25, -0.2) is 9.59 Å². The predicted octanol–water partition coefficient (Wildman–Crippen LogP) is 0.968. The number of H-pyrrole nitrogens is 2. The number of aromatic amines is 2. The topological polar surface area (TPSA) is 105 Å². The molecule has 7 nitrogen and oxygen atoms in total. The van der Waals surface area contributed by atoms with E-state index in [-0.39, 0.29) is 17.6 Å². The van der Waals surface area contributed by atoms with Gasteiger partial charge in [0.05, 0.1) is 16.5 Å². The van der Waals surface area contributed by atoms with Gasteiger partial charge in [-0.2, -0.15) is 0 Å². The summed E-state index contributed by atoms with van der Waals surface area (Å²) in [6.07, 6.45) is 3.21.